The normalized spacial score (nSPS) is 10.4. The Hall–Kier alpha value is -1.12. The Morgan fingerprint density at radius 3 is 2.50 bits per heavy atom. The summed E-state index contributed by atoms with van der Waals surface area (Å²) in [4.78, 5) is 0. The molecule has 0 amide bonds. The van der Waals surface area contributed by atoms with E-state index in [2.05, 4.69) is 4.74 Å². The lowest BCUT2D eigenvalue weighted by Gasteiger charge is -2.07. The Morgan fingerprint density at radius 1 is 1.25 bits per heavy atom. The van der Waals surface area contributed by atoms with E-state index in [0.29, 0.717) is 0 Å². The van der Waals surface area contributed by atoms with Crippen LogP contribution in [0.5, 0.6) is 5.75 Å². The summed E-state index contributed by atoms with van der Waals surface area (Å²) in [6, 6.07) is 5.21. The smallest absolute Gasteiger partial charge is 0.387 e. The molecule has 66 valence electrons. The molecular weight excluding hydrogens is 162 g/mol. The Morgan fingerprint density at radius 2 is 1.92 bits per heavy atom. The van der Waals surface area contributed by atoms with Crippen molar-refractivity contribution in [2.75, 3.05) is 0 Å². The number of benzene rings is 1. The molecule has 0 spiro atoms. The van der Waals surface area contributed by atoms with E-state index in [1.807, 2.05) is 13.0 Å². The molecule has 1 rings (SSSR count). The van der Waals surface area contributed by atoms with Gasteiger partial charge in [0.25, 0.3) is 0 Å². The third-order valence-electron chi connectivity index (χ3n) is 1.56. The van der Waals surface area contributed by atoms with Gasteiger partial charge in [0, 0.05) is 0 Å². The quantitative estimate of drug-likeness (QED) is 0.666. The van der Waals surface area contributed by atoms with Crippen molar-refractivity contribution in [2.45, 2.75) is 20.5 Å². The number of aryl methyl sites for hydroxylation is 2. The maximum absolute atomic E-state index is 11.8. The fraction of sp³-hybridized carbons (Fsp3) is 0.333. The minimum atomic E-state index is -2.74. The molecule has 0 saturated heterocycles. The predicted octanol–water partition coefficient (Wildman–Crippen LogP) is 2.90. The minimum Gasteiger partial charge on any atom is -0.435 e. The molecule has 3 heteroatoms. The summed E-state index contributed by atoms with van der Waals surface area (Å²) in [6.45, 7) is 0.820. The van der Waals surface area contributed by atoms with Gasteiger partial charge < -0.3 is 4.74 Å². The first kappa shape index (κ1) is 8.97. The summed E-state index contributed by atoms with van der Waals surface area (Å²) in [5.74, 6) is 0.255. The van der Waals surface area contributed by atoms with Crippen LogP contribution in [0.2, 0.25) is 0 Å². The number of halogens is 2. The number of alkyl halides is 2. The Kier molecular flexibility index (Phi) is 2.63. The SMILES string of the molecule is Cc1ccc(C)c(OC(F)F)c1. The molecule has 0 aliphatic heterocycles. The van der Waals surface area contributed by atoms with Crippen molar-refractivity contribution in [3.8, 4) is 5.75 Å². The second-order valence-electron chi connectivity index (χ2n) is 2.65. The Labute approximate surface area is 70.0 Å². The average Bonchev–Trinajstić information content (AvgIpc) is 1.96. The third kappa shape index (κ3) is 2.19. The summed E-state index contributed by atoms with van der Waals surface area (Å²) >= 11 is 0. The van der Waals surface area contributed by atoms with E-state index in [-0.39, 0.29) is 5.75 Å². The zero-order valence-corrected chi connectivity index (χ0v) is 6.97. The summed E-state index contributed by atoms with van der Waals surface area (Å²) < 4.78 is 27.9. The number of rotatable bonds is 2. The van der Waals surface area contributed by atoms with Crippen LogP contribution >= 0.6 is 0 Å². The Balaban J connectivity index is 2.90. The van der Waals surface area contributed by atoms with E-state index in [9.17, 15) is 8.78 Å². The van der Waals surface area contributed by atoms with Gasteiger partial charge in [0.05, 0.1) is 0 Å². The van der Waals surface area contributed by atoms with Gasteiger partial charge in [0.15, 0.2) is 0 Å². The Bertz CT molecular complexity index is 271. The molecule has 12 heavy (non-hydrogen) atoms. The number of ether oxygens (including phenoxy) is 1. The molecule has 0 atom stereocenters. The molecule has 1 aromatic rings. The van der Waals surface area contributed by atoms with Crippen LogP contribution in [0.25, 0.3) is 0 Å². The maximum Gasteiger partial charge on any atom is 0.387 e. The molecule has 0 radical (unpaired) electrons. The van der Waals surface area contributed by atoms with Crippen molar-refractivity contribution in [1.82, 2.24) is 0 Å². The highest BCUT2D eigenvalue weighted by Gasteiger charge is 2.06. The first-order valence-corrected chi connectivity index (χ1v) is 3.61. The van der Waals surface area contributed by atoms with Gasteiger partial charge in [0.2, 0.25) is 0 Å². The van der Waals surface area contributed by atoms with Gasteiger partial charge in [-0.15, -0.1) is 0 Å². The van der Waals surface area contributed by atoms with Crippen LogP contribution in [0.15, 0.2) is 18.2 Å². The molecular formula is C9H10F2O. The molecule has 0 heterocycles. The number of hydrogen-bond acceptors (Lipinski definition) is 1. The van der Waals surface area contributed by atoms with Gasteiger partial charge in [-0.05, 0) is 31.0 Å². The lowest BCUT2D eigenvalue weighted by Crippen LogP contribution is -2.03. The minimum absolute atomic E-state index is 0.255. The van der Waals surface area contributed by atoms with Gasteiger partial charge in [-0.2, -0.15) is 8.78 Å². The van der Waals surface area contributed by atoms with E-state index < -0.39 is 6.61 Å². The van der Waals surface area contributed by atoms with Crippen LogP contribution in [-0.4, -0.2) is 6.61 Å². The first-order valence-electron chi connectivity index (χ1n) is 3.61. The van der Waals surface area contributed by atoms with Gasteiger partial charge in [-0.1, -0.05) is 12.1 Å². The van der Waals surface area contributed by atoms with E-state index in [4.69, 9.17) is 0 Å². The fourth-order valence-electron chi connectivity index (χ4n) is 0.930. The summed E-state index contributed by atoms with van der Waals surface area (Å²) in [5.41, 5.74) is 1.64. The van der Waals surface area contributed by atoms with Crippen molar-refractivity contribution in [3.05, 3.63) is 29.3 Å². The molecule has 1 nitrogen and oxygen atoms in total. The van der Waals surface area contributed by atoms with Gasteiger partial charge in [0.1, 0.15) is 5.75 Å². The average molecular weight is 172 g/mol. The van der Waals surface area contributed by atoms with Crippen LogP contribution in [-0.2, 0) is 0 Å². The van der Waals surface area contributed by atoms with E-state index in [1.165, 1.54) is 0 Å². The fourth-order valence-corrected chi connectivity index (χ4v) is 0.930. The molecule has 0 unspecified atom stereocenters. The summed E-state index contributed by atoms with van der Waals surface area (Å²) in [6.07, 6.45) is 0. The van der Waals surface area contributed by atoms with Gasteiger partial charge in [-0.25, -0.2) is 0 Å². The van der Waals surface area contributed by atoms with Crippen molar-refractivity contribution >= 4 is 0 Å². The highest BCUT2D eigenvalue weighted by molar-refractivity contribution is 5.35. The zero-order chi connectivity index (χ0) is 9.14. The van der Waals surface area contributed by atoms with Crippen LogP contribution in [0.1, 0.15) is 11.1 Å². The van der Waals surface area contributed by atoms with E-state index >= 15 is 0 Å². The standard InChI is InChI=1S/C9H10F2O/c1-6-3-4-7(2)8(5-6)12-9(10)11/h3-5,9H,1-2H3. The molecule has 1 aromatic carbocycles. The molecule has 0 aromatic heterocycles. The summed E-state index contributed by atoms with van der Waals surface area (Å²) in [7, 11) is 0. The van der Waals surface area contributed by atoms with Crippen molar-refractivity contribution < 1.29 is 13.5 Å². The van der Waals surface area contributed by atoms with Crippen LogP contribution in [0, 0.1) is 13.8 Å². The van der Waals surface area contributed by atoms with Crippen molar-refractivity contribution in [3.63, 3.8) is 0 Å². The largest absolute Gasteiger partial charge is 0.435 e. The lowest BCUT2D eigenvalue weighted by molar-refractivity contribution is -0.0503. The highest BCUT2D eigenvalue weighted by Crippen LogP contribution is 2.20. The molecule has 0 fully saturated rings. The van der Waals surface area contributed by atoms with Crippen LogP contribution < -0.4 is 4.74 Å². The van der Waals surface area contributed by atoms with Crippen molar-refractivity contribution in [1.29, 1.82) is 0 Å². The second kappa shape index (κ2) is 3.52. The summed E-state index contributed by atoms with van der Waals surface area (Å²) in [5, 5.41) is 0. The highest BCUT2D eigenvalue weighted by atomic mass is 19.3. The molecule has 0 aliphatic rings. The van der Waals surface area contributed by atoms with Crippen LogP contribution in [0.3, 0.4) is 0 Å². The molecule has 0 aliphatic carbocycles. The van der Waals surface area contributed by atoms with Gasteiger partial charge >= 0.3 is 6.61 Å². The maximum atomic E-state index is 11.8. The monoisotopic (exact) mass is 172 g/mol. The lowest BCUT2D eigenvalue weighted by atomic mass is 10.1. The topological polar surface area (TPSA) is 9.23 Å². The molecule has 0 saturated carbocycles. The zero-order valence-electron chi connectivity index (χ0n) is 6.97. The predicted molar refractivity (Wildman–Crippen MR) is 42.5 cm³/mol. The second-order valence-corrected chi connectivity index (χ2v) is 2.65. The van der Waals surface area contributed by atoms with Crippen LogP contribution in [0.4, 0.5) is 8.78 Å². The molecule has 0 bridgehead atoms. The molecule has 0 N–H and O–H groups in total. The van der Waals surface area contributed by atoms with E-state index in [1.54, 1.807) is 19.1 Å². The van der Waals surface area contributed by atoms with E-state index in [0.717, 1.165) is 11.1 Å². The van der Waals surface area contributed by atoms with Crippen molar-refractivity contribution in [2.24, 2.45) is 0 Å². The number of hydrogen-bond donors (Lipinski definition) is 0. The third-order valence-corrected chi connectivity index (χ3v) is 1.56. The first-order chi connectivity index (χ1) is 5.59. The van der Waals surface area contributed by atoms with Gasteiger partial charge in [-0.3, -0.25) is 0 Å².